The number of fused-ring (bicyclic) bond motifs is 1. The number of carbonyl (C=O) groups excluding carboxylic acids is 2. The molecule has 1 aromatic heterocycles. The normalized spacial score (nSPS) is 13.6. The van der Waals surface area contributed by atoms with Gasteiger partial charge in [0.1, 0.15) is 12.3 Å². The molecule has 1 amide bonds. The Morgan fingerprint density at radius 3 is 2.22 bits per heavy atom. The molecular weight excluding hydrogens is 764 g/mol. The molecule has 0 bridgehead atoms. The van der Waals surface area contributed by atoms with Crippen molar-refractivity contribution in [3.05, 3.63) is 77.1 Å². The van der Waals surface area contributed by atoms with Crippen LogP contribution in [0.25, 0.3) is 11.4 Å². The van der Waals surface area contributed by atoms with Crippen molar-refractivity contribution in [3.8, 4) is 17.5 Å². The van der Waals surface area contributed by atoms with Gasteiger partial charge >= 0.3 is 5.97 Å². The molecule has 1 aliphatic heterocycles. The van der Waals surface area contributed by atoms with Gasteiger partial charge in [0.15, 0.2) is 5.82 Å². The fourth-order valence-corrected chi connectivity index (χ4v) is 6.55. The summed E-state index contributed by atoms with van der Waals surface area (Å²) in [5, 5.41) is 21.1. The highest BCUT2D eigenvalue weighted by atomic mass is 35.5. The quantitative estimate of drug-likeness (QED) is 0.126. The second-order valence-electron chi connectivity index (χ2n) is 12.8. The predicted molar refractivity (Wildman–Crippen MR) is 198 cm³/mol. The molecule has 0 aliphatic carbocycles. The number of nitrogens with zero attached hydrogens (tertiary/aromatic N) is 7. The van der Waals surface area contributed by atoms with E-state index in [1.807, 2.05) is 20.8 Å². The largest absolute Gasteiger partial charge is 0.465 e. The maximum absolute atomic E-state index is 12.9. The molecule has 2 heterocycles. The summed E-state index contributed by atoms with van der Waals surface area (Å²) in [7, 11) is -9.84. The van der Waals surface area contributed by atoms with E-state index in [9.17, 15) is 35.5 Å². The first-order chi connectivity index (χ1) is 25.3. The molecule has 0 atom stereocenters. The Labute approximate surface area is 315 Å². The number of rotatable bonds is 12. The van der Waals surface area contributed by atoms with Gasteiger partial charge in [-0.15, -0.1) is 9.89 Å². The first kappa shape index (κ1) is 39.7. The molecule has 54 heavy (non-hydrogen) atoms. The number of ether oxygens (including phenoxy) is 1. The molecule has 0 saturated heterocycles. The van der Waals surface area contributed by atoms with Crippen LogP contribution < -0.4 is 10.2 Å². The van der Waals surface area contributed by atoms with Crippen molar-refractivity contribution in [1.29, 1.82) is 5.26 Å². The van der Waals surface area contributed by atoms with Crippen molar-refractivity contribution in [2.75, 3.05) is 29.9 Å². The summed E-state index contributed by atoms with van der Waals surface area (Å²) in [4.78, 5) is 35.9. The van der Waals surface area contributed by atoms with Crippen molar-refractivity contribution < 1.29 is 40.3 Å². The Balaban J connectivity index is 1.42. The number of aromatic nitrogens is 3. The molecule has 3 aromatic carbocycles. The second kappa shape index (κ2) is 15.5. The number of benzene rings is 3. The van der Waals surface area contributed by atoms with Crippen LogP contribution in [0.4, 0.5) is 17.1 Å². The van der Waals surface area contributed by atoms with Crippen LogP contribution in [-0.4, -0.2) is 83.8 Å². The van der Waals surface area contributed by atoms with Gasteiger partial charge in [-0.25, -0.2) is 9.98 Å². The number of hydrogen-bond donors (Lipinski definition) is 3. The zero-order valence-electron chi connectivity index (χ0n) is 29.2. The van der Waals surface area contributed by atoms with E-state index in [0.29, 0.717) is 40.3 Å². The van der Waals surface area contributed by atoms with E-state index in [1.54, 1.807) is 42.2 Å². The minimum absolute atomic E-state index is 0.0669. The minimum Gasteiger partial charge on any atom is -0.465 e. The van der Waals surface area contributed by atoms with Crippen molar-refractivity contribution in [2.45, 2.75) is 43.9 Å². The number of carbonyl (C=O) groups is 2. The summed E-state index contributed by atoms with van der Waals surface area (Å²) in [6, 6.07) is 15.4. The molecule has 3 N–H and O–H groups in total. The van der Waals surface area contributed by atoms with Crippen LogP contribution in [0.5, 0.6) is 0 Å². The van der Waals surface area contributed by atoms with Crippen molar-refractivity contribution in [2.24, 2.45) is 15.5 Å². The Hall–Kier alpha value is -5.52. The highest BCUT2D eigenvalue weighted by Gasteiger charge is 2.35. The van der Waals surface area contributed by atoms with Crippen LogP contribution >= 0.6 is 11.6 Å². The van der Waals surface area contributed by atoms with Gasteiger partial charge in [-0.05, 0) is 67.6 Å². The van der Waals surface area contributed by atoms with Crippen molar-refractivity contribution >= 4 is 72.2 Å². The van der Waals surface area contributed by atoms with Crippen LogP contribution in [0.15, 0.2) is 80.5 Å². The molecule has 0 fully saturated rings. The molecule has 5 rings (SSSR count). The van der Waals surface area contributed by atoms with Gasteiger partial charge in [0.05, 0.1) is 45.3 Å². The monoisotopic (exact) mass is 796 g/mol. The van der Waals surface area contributed by atoms with E-state index < -0.39 is 52.9 Å². The van der Waals surface area contributed by atoms with E-state index in [2.05, 4.69) is 26.6 Å². The second-order valence-corrected chi connectivity index (χ2v) is 16.0. The molecule has 20 heteroatoms. The standard InChI is InChI=1S/C34H33ClN8O9S2/c1-5-52-28(44)19-42(14-6-13-36)23-11-12-27(26(35)17-23)38-29-30(34(2,3)4)40-43-32(29)39-31(41-43)20-7-9-22(10-8-20)37-33(45)21-15-24(53(46,47)48)18-25(16-21)54(49,50)51/h7-12,15-18H,5-6,14,19H2,1-4H3,(H,37,45)(H,46,47,48)(H,49,50,51). The molecule has 4 aromatic rings. The number of nitrogens with one attached hydrogen (secondary N) is 1. The van der Waals surface area contributed by atoms with Gasteiger partial charge in [0, 0.05) is 34.5 Å². The fraction of sp³-hybridized carbons (Fsp3) is 0.265. The van der Waals surface area contributed by atoms with Gasteiger partial charge in [-0.1, -0.05) is 32.4 Å². The van der Waals surface area contributed by atoms with Crippen LogP contribution in [0.1, 0.15) is 50.3 Å². The van der Waals surface area contributed by atoms with Gasteiger partial charge in [-0.3, -0.25) is 18.7 Å². The van der Waals surface area contributed by atoms with Gasteiger partial charge in [0.2, 0.25) is 5.82 Å². The minimum atomic E-state index is -4.92. The molecule has 0 saturated carbocycles. The summed E-state index contributed by atoms with van der Waals surface area (Å²) in [6.07, 6.45) is 0.177. The first-order valence-electron chi connectivity index (χ1n) is 16.0. The number of hydrogen-bond acceptors (Lipinski definition) is 13. The lowest BCUT2D eigenvalue weighted by atomic mass is 9.87. The Morgan fingerprint density at radius 2 is 1.67 bits per heavy atom. The number of amides is 1. The van der Waals surface area contributed by atoms with Crippen LogP contribution in [0, 0.1) is 16.7 Å². The molecule has 0 radical (unpaired) electrons. The molecule has 17 nitrogen and oxygen atoms in total. The third-order valence-corrected chi connectivity index (χ3v) is 9.68. The lowest BCUT2D eigenvalue weighted by molar-refractivity contribution is -0.141. The van der Waals surface area contributed by atoms with E-state index >= 15 is 0 Å². The topological polar surface area (TPSA) is 247 Å². The molecule has 0 unspecified atom stereocenters. The van der Waals surface area contributed by atoms with E-state index in [-0.39, 0.29) is 42.7 Å². The maximum atomic E-state index is 12.9. The predicted octanol–water partition coefficient (Wildman–Crippen LogP) is 5.01. The smallest absolute Gasteiger partial charge is 0.325 e. The van der Waals surface area contributed by atoms with Crippen molar-refractivity contribution in [1.82, 2.24) is 14.9 Å². The zero-order valence-corrected chi connectivity index (χ0v) is 31.6. The summed E-state index contributed by atoms with van der Waals surface area (Å²) < 4.78 is 70.5. The fourth-order valence-electron chi connectivity index (χ4n) is 5.16. The SMILES string of the molecule is CCOC(=O)CN(CCC#N)c1ccc(N=C2C(C(C)(C)C)=Nn3nc(-c4ccc(NC(=O)c5cc(S(=O)(=O)O)cc(S(=O)(=O)O)c5)cc4)nc32)c(Cl)c1. The van der Waals surface area contributed by atoms with Crippen LogP contribution in [0.2, 0.25) is 5.02 Å². The number of anilines is 2. The number of aliphatic imine (C=N–C) groups is 1. The summed E-state index contributed by atoms with van der Waals surface area (Å²) in [6.45, 7) is 8.01. The zero-order chi connectivity index (χ0) is 39.6. The van der Waals surface area contributed by atoms with E-state index in [1.165, 1.54) is 16.9 Å². The van der Waals surface area contributed by atoms with E-state index in [0.717, 1.165) is 12.1 Å². The highest BCUT2D eigenvalue weighted by Crippen LogP contribution is 2.34. The third kappa shape index (κ3) is 9.15. The molecule has 0 spiro atoms. The Morgan fingerprint density at radius 1 is 1.02 bits per heavy atom. The van der Waals surface area contributed by atoms with Gasteiger partial charge < -0.3 is 15.0 Å². The number of esters is 1. The highest BCUT2D eigenvalue weighted by molar-refractivity contribution is 7.86. The van der Waals surface area contributed by atoms with Crippen LogP contribution in [-0.2, 0) is 29.8 Å². The molecular formula is C34H33ClN8O9S2. The van der Waals surface area contributed by atoms with Gasteiger partial charge in [0.25, 0.3) is 26.1 Å². The lowest BCUT2D eigenvalue weighted by Crippen LogP contribution is -2.31. The average Bonchev–Trinajstić information content (AvgIpc) is 3.66. The summed E-state index contributed by atoms with van der Waals surface area (Å²) in [5.41, 5.74) is 1.81. The van der Waals surface area contributed by atoms with Crippen molar-refractivity contribution in [3.63, 3.8) is 0 Å². The Bertz CT molecular complexity index is 2420. The number of nitriles is 1. The summed E-state index contributed by atoms with van der Waals surface area (Å²) in [5.74, 6) is -0.774. The average molecular weight is 797 g/mol. The lowest BCUT2D eigenvalue weighted by Gasteiger charge is -2.23. The molecule has 1 aliphatic rings. The van der Waals surface area contributed by atoms with Crippen LogP contribution in [0.3, 0.4) is 0 Å². The van der Waals surface area contributed by atoms with E-state index in [4.69, 9.17) is 26.6 Å². The third-order valence-electron chi connectivity index (χ3n) is 7.72. The Kier molecular flexibility index (Phi) is 11.4. The molecule has 282 valence electrons. The summed E-state index contributed by atoms with van der Waals surface area (Å²) >= 11 is 6.72. The first-order valence-corrected chi connectivity index (χ1v) is 19.3. The maximum Gasteiger partial charge on any atom is 0.325 e. The number of halogens is 1. The van der Waals surface area contributed by atoms with Gasteiger partial charge in [-0.2, -0.15) is 27.2 Å².